The molecular weight excluding hydrogens is 242 g/mol. The highest BCUT2D eigenvalue weighted by Crippen LogP contribution is 2.36. The van der Waals surface area contributed by atoms with Crippen LogP contribution in [0.15, 0.2) is 6.07 Å². The molecule has 0 fully saturated rings. The predicted molar refractivity (Wildman–Crippen MR) is 51.9 cm³/mol. The average Bonchev–Trinajstić information content (AvgIpc) is 2.01. The van der Waals surface area contributed by atoms with Crippen molar-refractivity contribution in [3.63, 3.8) is 0 Å². The quantitative estimate of drug-likeness (QED) is 0.412. The van der Waals surface area contributed by atoms with Gasteiger partial charge in [0.05, 0.1) is 25.7 Å². The van der Waals surface area contributed by atoms with Crippen molar-refractivity contribution in [2.75, 3.05) is 0 Å². The summed E-state index contributed by atoms with van der Waals surface area (Å²) in [7, 11) is 0. The van der Waals surface area contributed by atoms with Crippen molar-refractivity contribution in [1.29, 1.82) is 0 Å². The van der Waals surface area contributed by atoms with Crippen LogP contribution in [0.2, 0.25) is 20.1 Å². The van der Waals surface area contributed by atoms with Gasteiger partial charge in [-0.2, -0.15) is 0 Å². The first-order chi connectivity index (χ1) is 5.57. The second-order valence-electron chi connectivity index (χ2n) is 2.00. The van der Waals surface area contributed by atoms with Gasteiger partial charge in [0, 0.05) is 0 Å². The fourth-order valence-corrected chi connectivity index (χ4v) is 1.70. The van der Waals surface area contributed by atoms with Crippen molar-refractivity contribution >= 4 is 52.7 Å². The molecule has 0 bridgehead atoms. The lowest BCUT2D eigenvalue weighted by Gasteiger charge is -2.03. The minimum Gasteiger partial charge on any atom is -0.298 e. The number of hydrogen-bond donors (Lipinski definition) is 0. The molecule has 0 saturated heterocycles. The van der Waals surface area contributed by atoms with Gasteiger partial charge in [0.25, 0.3) is 0 Å². The summed E-state index contributed by atoms with van der Waals surface area (Å²) in [5.74, 6) is 0. The van der Waals surface area contributed by atoms with Gasteiger partial charge in [0.1, 0.15) is 0 Å². The van der Waals surface area contributed by atoms with Crippen LogP contribution in [0.5, 0.6) is 0 Å². The van der Waals surface area contributed by atoms with E-state index in [-0.39, 0.29) is 25.7 Å². The predicted octanol–water partition coefficient (Wildman–Crippen LogP) is 4.11. The third kappa shape index (κ3) is 1.69. The van der Waals surface area contributed by atoms with E-state index in [0.29, 0.717) is 6.29 Å². The first-order valence-electron chi connectivity index (χ1n) is 2.86. The molecule has 0 heterocycles. The molecule has 0 aliphatic carbocycles. The van der Waals surface area contributed by atoms with E-state index in [9.17, 15) is 4.79 Å². The van der Waals surface area contributed by atoms with Crippen LogP contribution in [0.3, 0.4) is 0 Å². The van der Waals surface area contributed by atoms with Gasteiger partial charge in [-0.3, -0.25) is 4.79 Å². The number of hydrogen-bond acceptors (Lipinski definition) is 1. The van der Waals surface area contributed by atoms with E-state index in [1.807, 2.05) is 0 Å². The fraction of sp³-hybridized carbons (Fsp3) is 0. The maximum Gasteiger partial charge on any atom is 0.153 e. The fourth-order valence-electron chi connectivity index (χ4n) is 0.688. The Morgan fingerprint density at radius 3 is 2.08 bits per heavy atom. The molecule has 1 aromatic rings. The standard InChI is InChI=1S/C7H2Cl4O/c8-4-1-5(9)7(11)6(10)3(4)2-12/h1-2H. The van der Waals surface area contributed by atoms with Crippen LogP contribution in [0.4, 0.5) is 0 Å². The van der Waals surface area contributed by atoms with Gasteiger partial charge in [0.2, 0.25) is 0 Å². The van der Waals surface area contributed by atoms with Crippen LogP contribution < -0.4 is 0 Å². The maximum atomic E-state index is 10.4. The van der Waals surface area contributed by atoms with E-state index in [1.165, 1.54) is 6.07 Å². The highest BCUT2D eigenvalue weighted by Gasteiger charge is 2.12. The molecule has 1 nitrogen and oxygen atoms in total. The van der Waals surface area contributed by atoms with E-state index >= 15 is 0 Å². The molecule has 0 N–H and O–H groups in total. The molecule has 0 aliphatic heterocycles. The Hall–Kier alpha value is 0.0500. The molecule has 5 heteroatoms. The van der Waals surface area contributed by atoms with Crippen LogP contribution in [-0.4, -0.2) is 6.29 Å². The number of carbonyl (C=O) groups is 1. The molecule has 1 aromatic carbocycles. The van der Waals surface area contributed by atoms with Crippen LogP contribution in [0.25, 0.3) is 0 Å². The summed E-state index contributed by atoms with van der Waals surface area (Å²) < 4.78 is 0. The van der Waals surface area contributed by atoms with E-state index in [1.54, 1.807) is 0 Å². The first kappa shape index (κ1) is 10.1. The van der Waals surface area contributed by atoms with E-state index < -0.39 is 0 Å². The Labute approximate surface area is 89.2 Å². The van der Waals surface area contributed by atoms with Crippen LogP contribution >= 0.6 is 46.4 Å². The van der Waals surface area contributed by atoms with E-state index in [0.717, 1.165) is 0 Å². The molecule has 0 atom stereocenters. The average molecular weight is 244 g/mol. The molecule has 1 rings (SSSR count). The summed E-state index contributed by atoms with van der Waals surface area (Å²) in [5, 5.41) is 0.663. The molecule has 0 radical (unpaired) electrons. The van der Waals surface area contributed by atoms with Crippen molar-refractivity contribution < 1.29 is 4.79 Å². The molecule has 0 unspecified atom stereocenters. The molecule has 0 saturated carbocycles. The number of halogens is 4. The van der Waals surface area contributed by atoms with Crippen molar-refractivity contribution in [3.8, 4) is 0 Å². The molecule has 0 spiro atoms. The third-order valence-corrected chi connectivity index (χ3v) is 2.86. The zero-order valence-electron chi connectivity index (χ0n) is 5.57. The minimum atomic E-state index is 0.0872. The molecule has 0 aliphatic rings. The lowest BCUT2D eigenvalue weighted by Crippen LogP contribution is -1.85. The lowest BCUT2D eigenvalue weighted by molar-refractivity contribution is 0.112. The van der Waals surface area contributed by atoms with Gasteiger partial charge in [-0.05, 0) is 6.07 Å². The van der Waals surface area contributed by atoms with Gasteiger partial charge in [-0.1, -0.05) is 46.4 Å². The number of carbonyl (C=O) groups excluding carboxylic acids is 1. The monoisotopic (exact) mass is 242 g/mol. The molecular formula is C7H2Cl4O. The first-order valence-corrected chi connectivity index (χ1v) is 4.37. The van der Waals surface area contributed by atoms with Gasteiger partial charge in [-0.25, -0.2) is 0 Å². The molecule has 64 valence electrons. The summed E-state index contributed by atoms with van der Waals surface area (Å²) in [6.07, 6.45) is 0.535. The maximum absolute atomic E-state index is 10.4. The largest absolute Gasteiger partial charge is 0.298 e. The van der Waals surface area contributed by atoms with Crippen LogP contribution in [0, 0.1) is 0 Å². The van der Waals surface area contributed by atoms with Gasteiger partial charge >= 0.3 is 0 Å². The topological polar surface area (TPSA) is 17.1 Å². The Morgan fingerprint density at radius 1 is 1.00 bits per heavy atom. The van der Waals surface area contributed by atoms with E-state index in [2.05, 4.69) is 0 Å². The van der Waals surface area contributed by atoms with Crippen LogP contribution in [0.1, 0.15) is 10.4 Å². The second kappa shape index (κ2) is 3.84. The highest BCUT2D eigenvalue weighted by atomic mass is 35.5. The van der Waals surface area contributed by atoms with E-state index in [4.69, 9.17) is 46.4 Å². The summed E-state index contributed by atoms with van der Waals surface area (Å²) in [4.78, 5) is 10.4. The summed E-state index contributed by atoms with van der Waals surface area (Å²) in [5.41, 5.74) is 0.160. The van der Waals surface area contributed by atoms with Gasteiger partial charge in [0.15, 0.2) is 6.29 Å². The summed E-state index contributed by atoms with van der Waals surface area (Å²) in [6, 6.07) is 1.38. The van der Waals surface area contributed by atoms with Gasteiger partial charge in [-0.15, -0.1) is 0 Å². The highest BCUT2D eigenvalue weighted by molar-refractivity contribution is 6.50. The smallest absolute Gasteiger partial charge is 0.153 e. The molecule has 0 amide bonds. The third-order valence-electron chi connectivity index (χ3n) is 1.27. The lowest BCUT2D eigenvalue weighted by atomic mass is 10.2. The van der Waals surface area contributed by atoms with Crippen molar-refractivity contribution in [3.05, 3.63) is 31.7 Å². The summed E-state index contributed by atoms with van der Waals surface area (Å²) in [6.45, 7) is 0. The number of rotatable bonds is 1. The Morgan fingerprint density at radius 2 is 1.58 bits per heavy atom. The number of aldehydes is 1. The molecule has 0 aromatic heterocycles. The zero-order chi connectivity index (χ0) is 9.30. The summed E-state index contributed by atoms with van der Waals surface area (Å²) >= 11 is 22.6. The minimum absolute atomic E-state index is 0.0872. The number of benzene rings is 1. The Bertz CT molecular complexity index is 335. The van der Waals surface area contributed by atoms with Crippen molar-refractivity contribution in [2.45, 2.75) is 0 Å². The van der Waals surface area contributed by atoms with Crippen molar-refractivity contribution in [2.24, 2.45) is 0 Å². The van der Waals surface area contributed by atoms with Gasteiger partial charge < -0.3 is 0 Å². The van der Waals surface area contributed by atoms with Crippen molar-refractivity contribution in [1.82, 2.24) is 0 Å². The Kier molecular flexibility index (Phi) is 3.24. The van der Waals surface area contributed by atoms with Crippen LogP contribution in [-0.2, 0) is 0 Å². The normalized spacial score (nSPS) is 10.0. The second-order valence-corrected chi connectivity index (χ2v) is 3.57. The SMILES string of the molecule is O=Cc1c(Cl)cc(Cl)c(Cl)c1Cl. The molecule has 12 heavy (non-hydrogen) atoms. The Balaban J connectivity index is 3.51. The zero-order valence-corrected chi connectivity index (χ0v) is 8.60.